The van der Waals surface area contributed by atoms with Crippen molar-refractivity contribution in [1.82, 2.24) is 134 Å². The first-order valence-electron chi connectivity index (χ1n) is 45.7. The molecule has 8 aliphatic heterocycles. The zero-order valence-corrected chi connectivity index (χ0v) is 80.4. The van der Waals surface area contributed by atoms with Gasteiger partial charge in [-0.15, -0.1) is 0 Å². The van der Waals surface area contributed by atoms with E-state index in [4.69, 9.17) is 28.0 Å². The zero-order chi connectivity index (χ0) is 99.0. The lowest BCUT2D eigenvalue weighted by Gasteiger charge is -2.13. The highest BCUT2D eigenvalue weighted by molar-refractivity contribution is 8.01. The van der Waals surface area contributed by atoms with Gasteiger partial charge in [0, 0.05) is 226 Å². The second-order valence-corrected chi connectivity index (χ2v) is 40.4. The van der Waals surface area contributed by atoms with Gasteiger partial charge in [-0.05, 0) is 132 Å². The number of nitrogens with one attached hydrogen (secondary N) is 10. The number of rotatable bonds is 12. The molecule has 2 unspecified atom stereocenters. The monoisotopic (exact) mass is 1950 g/mol. The minimum Gasteiger partial charge on any atom is -0.383 e. The van der Waals surface area contributed by atoms with Gasteiger partial charge in [-0.25, -0.2) is 53.3 Å². The summed E-state index contributed by atoms with van der Waals surface area (Å²) in [5.74, 6) is 15.7. The summed E-state index contributed by atoms with van der Waals surface area (Å²) in [6.45, 7) is 20.1. The predicted molar refractivity (Wildman–Crippen MR) is 556 cm³/mol. The topological polar surface area (TPSA) is 563 Å². The fourth-order valence-electron chi connectivity index (χ4n) is 18.7. The first kappa shape index (κ1) is 90.2. The molecule has 18 N–H and O–H groups in total. The minimum atomic E-state index is -2.42. The van der Waals surface area contributed by atoms with Gasteiger partial charge in [0.05, 0.1) is 106 Å². The molecular formula is C97H97N39O5S2. The Morgan fingerprint density at radius 1 is 0.385 bits per heavy atom. The van der Waals surface area contributed by atoms with Crippen LogP contribution in [0.15, 0.2) is 148 Å². The van der Waals surface area contributed by atoms with Gasteiger partial charge in [0.1, 0.15) is 83.4 Å². The summed E-state index contributed by atoms with van der Waals surface area (Å²) in [5, 5.41) is 47.3. The quantitative estimate of drug-likeness (QED) is 0.0506. The summed E-state index contributed by atoms with van der Waals surface area (Å²) < 4.78 is 40.2. The molecule has 0 aromatic carbocycles. The molecule has 0 saturated carbocycles. The lowest BCUT2D eigenvalue weighted by molar-refractivity contribution is -0.130. The van der Waals surface area contributed by atoms with Crippen LogP contribution in [-0.2, 0) is 104 Å². The van der Waals surface area contributed by atoms with Gasteiger partial charge in [-0.1, -0.05) is 13.2 Å². The number of carbonyl (C=O) groups excluding carboxylic acids is 3. The van der Waals surface area contributed by atoms with Crippen LogP contribution in [0.1, 0.15) is 73.6 Å². The Morgan fingerprint density at radius 2 is 0.720 bits per heavy atom. The molecule has 0 radical (unpaired) electrons. The van der Waals surface area contributed by atoms with Gasteiger partial charge in [0.15, 0.2) is 23.3 Å². The van der Waals surface area contributed by atoms with Crippen LogP contribution in [0.5, 0.6) is 0 Å². The van der Waals surface area contributed by atoms with Gasteiger partial charge in [-0.2, -0.15) is 20.4 Å². The molecule has 25 heterocycles. The van der Waals surface area contributed by atoms with Crippen LogP contribution < -0.4 is 75.1 Å². The van der Waals surface area contributed by atoms with Crippen molar-refractivity contribution in [2.75, 3.05) is 105 Å². The van der Waals surface area contributed by atoms with Crippen molar-refractivity contribution in [2.45, 2.75) is 97.6 Å². The number of nitrogen functional groups attached to an aromatic ring is 4. The van der Waals surface area contributed by atoms with Gasteiger partial charge in [0.25, 0.3) is 0 Å². The molecule has 25 rings (SSSR count). The molecule has 0 saturated heterocycles. The molecule has 44 nitrogen and oxygen atoms in total. The van der Waals surface area contributed by atoms with E-state index < -0.39 is 19.4 Å². The number of nitrogens with zero attached hydrogens (tertiary/aromatic N) is 25. The SMILES string of the molecule is C=C1c2ncc(-c3cc4cc(Nc5cc6n(n5)CC(=O)NCC6)ncc4c(N)n3)c(C)c2NN1C.C=C1c2ncc(-c3cc4cc(Nc5cc6n(n5)Cc5nccn5CC6)ncc4c(N)n3)c(C)c2NN1C.C=S1(=O)Cc2ncc(-c3cc4cc(Nc5cc6n(n5)CC(=O)N(C)CC6)ncc4c(N)n3)c(C)c2N1.C=S1(=O)Cc2ncc(-c3cc4cc(Nc5cc6n(n5)CC(=O)NCC6)ncc4c(N)n3)c(C)c2N1. The largest absolute Gasteiger partial charge is 0.383 e. The molecule has 0 fully saturated rings. The first-order chi connectivity index (χ1) is 68.7. The summed E-state index contributed by atoms with van der Waals surface area (Å²) in [7, 11) is 0.797. The van der Waals surface area contributed by atoms with E-state index in [0.29, 0.717) is 119 Å². The summed E-state index contributed by atoms with van der Waals surface area (Å²) in [6.07, 6.45) is 20.8. The zero-order valence-electron chi connectivity index (χ0n) is 78.8. The minimum absolute atomic E-state index is 0.0341. The summed E-state index contributed by atoms with van der Waals surface area (Å²) >= 11 is 0. The highest BCUT2D eigenvalue weighted by Gasteiger charge is 2.32. The number of pyridine rings is 12. The second kappa shape index (κ2) is 35.2. The Hall–Kier alpha value is -18.0. The maximum atomic E-state index is 12.4. The number of aryl methyl sites for hydroxylation is 2. The third-order valence-corrected chi connectivity index (χ3v) is 29.0. The summed E-state index contributed by atoms with van der Waals surface area (Å²) in [4.78, 5) is 96.7. The number of imidazole rings is 1. The number of hydrogen-bond donors (Lipinski definition) is 14. The van der Waals surface area contributed by atoms with Gasteiger partial charge < -0.3 is 73.7 Å². The van der Waals surface area contributed by atoms with Crippen LogP contribution >= 0.6 is 0 Å². The Labute approximate surface area is 817 Å². The maximum Gasteiger partial charge on any atom is 0.244 e. The maximum absolute atomic E-state index is 12.4. The van der Waals surface area contributed by atoms with E-state index in [2.05, 4.69) is 168 Å². The molecule has 2 atom stereocenters. The van der Waals surface area contributed by atoms with Gasteiger partial charge >= 0.3 is 0 Å². The second-order valence-electron chi connectivity index (χ2n) is 36.1. The van der Waals surface area contributed by atoms with E-state index in [1.807, 2.05) is 148 Å². The first-order valence-corrected chi connectivity index (χ1v) is 49.5. The highest BCUT2D eigenvalue weighted by Crippen LogP contribution is 2.44. The molecule has 0 aliphatic carbocycles. The van der Waals surface area contributed by atoms with Crippen LogP contribution in [0.4, 0.5) is 92.6 Å². The summed E-state index contributed by atoms with van der Waals surface area (Å²) in [6, 6.07) is 23.4. The van der Waals surface area contributed by atoms with E-state index >= 15 is 0 Å². The van der Waals surface area contributed by atoms with Crippen LogP contribution in [0.3, 0.4) is 0 Å². The lowest BCUT2D eigenvalue weighted by Crippen LogP contribution is -2.29. The number of amides is 3. The number of hydrazine groups is 2. The van der Waals surface area contributed by atoms with Crippen LogP contribution in [0.25, 0.3) is 99.5 Å². The van der Waals surface area contributed by atoms with Crippen molar-refractivity contribution < 1.29 is 22.8 Å². The Kier molecular flexibility index (Phi) is 22.2. The smallest absolute Gasteiger partial charge is 0.244 e. The lowest BCUT2D eigenvalue weighted by atomic mass is 10.0. The van der Waals surface area contributed by atoms with Gasteiger partial charge in [0.2, 0.25) is 17.7 Å². The van der Waals surface area contributed by atoms with E-state index in [-0.39, 0.29) is 37.4 Å². The molecule has 0 bridgehead atoms. The third-order valence-electron chi connectivity index (χ3n) is 26.4. The van der Waals surface area contributed by atoms with Crippen LogP contribution in [-0.4, -0.2) is 202 Å². The Morgan fingerprint density at radius 3 is 1.10 bits per heavy atom. The molecule has 8 aliphatic rings. The van der Waals surface area contributed by atoms with E-state index in [1.54, 1.807) is 63.2 Å². The fraction of sp³-hybridized carbons (Fsp3) is 0.216. The van der Waals surface area contributed by atoms with Crippen LogP contribution in [0, 0.1) is 27.7 Å². The average molecular weight is 1950 g/mol. The van der Waals surface area contributed by atoms with Crippen molar-refractivity contribution in [1.29, 1.82) is 0 Å². The van der Waals surface area contributed by atoms with Crippen LogP contribution in [0.2, 0.25) is 0 Å². The number of fused-ring (bicyclic) bond motifs is 13. The molecular weight excluding hydrogens is 1860 g/mol. The Bertz CT molecular complexity index is 8550. The molecule has 46 heteroatoms. The fourth-order valence-corrected chi connectivity index (χ4v) is 21.4. The standard InChI is InChI=1S/C26H25N11.C24H24N10O.C24H25N9O2S.C23H23N9O2S/c1-14-18(11-30-25-15(2)35(3)34-24(14)25)20-8-16-9-21(29-12-19(16)26(27)31-20)32-22-10-17-4-6-36-7-5-28-23(36)13-37(17)33-22;1-12-16(9-28-23-13(2)33(3)32-22(12)23)18-6-14-7-19(27-10-17(14)24(25)29-18)30-20-8-15-4-5-26-21(35)11-34(15)31-20;1-13-16(9-26-19-12-36(3,35)31-23(13)19)18-6-14-7-20(27-10-17(14)24(25)28-18)29-21-8-15-4-5-32(2)22(34)11-33(15)30-21;1-12-15(8-26-18-11-35(2,34)31-22(12)18)17-5-13-6-19(27-9-16(13)23(24)28-17)29-20-7-14-3-4-25-21(33)10-32(14)30-20/h5,7-12,34H,2,4,6,13H2,1,3H3,(H2,27,31)(H,29,32,33);6-10,32H,2,4-5,11H2,1,3H3,(H2,25,29)(H,26,35)(H,27,30,31);6-10H,3-5,11-12H2,1-2H3,(H2,25,28)(H,31,35)(H,27,29,30);5-9H,2-4,10-11H2,1H3,(H2,24,28)(H,25,33)(H,31,34)(H,27,29,30). The van der Waals surface area contributed by atoms with Crippen molar-refractivity contribution in [3.8, 4) is 45.0 Å². The Balaban J connectivity index is 0.000000109. The highest BCUT2D eigenvalue weighted by atomic mass is 32.2. The predicted octanol–water partition coefficient (Wildman–Crippen LogP) is 9.85. The van der Waals surface area contributed by atoms with E-state index in [1.165, 1.54) is 0 Å². The molecule has 3 amide bonds. The van der Waals surface area contributed by atoms with E-state index in [0.717, 1.165) is 216 Å². The average Bonchev–Trinajstić information content (AvgIpc) is 1.76. The summed E-state index contributed by atoms with van der Waals surface area (Å²) in [5.41, 5.74) is 54.1. The van der Waals surface area contributed by atoms with Crippen molar-refractivity contribution >= 4 is 196 Å². The normalized spacial score (nSPS) is 16.7. The molecule has 0 spiro atoms. The van der Waals surface area contributed by atoms with Crippen molar-refractivity contribution in [3.63, 3.8) is 0 Å². The molecule has 143 heavy (non-hydrogen) atoms. The van der Waals surface area contributed by atoms with Crippen molar-refractivity contribution in [2.24, 2.45) is 0 Å². The third kappa shape index (κ3) is 17.4. The number of aromatic nitrogens is 22. The molecule has 17 aromatic rings. The molecule has 722 valence electrons. The number of carbonyl (C=O) groups is 3. The number of anilines is 16. The van der Waals surface area contributed by atoms with Crippen molar-refractivity contribution in [3.05, 3.63) is 222 Å². The molecule has 17 aromatic heterocycles. The van der Waals surface area contributed by atoms with Gasteiger partial charge in [-0.3, -0.25) is 73.9 Å². The number of hydrogen-bond acceptors (Lipinski definition) is 34. The number of likely N-dealkylation sites (N-methyl/N-ethyl adjacent to an activating group) is 1. The number of nitrogens with two attached hydrogens (primary N) is 4. The van der Waals surface area contributed by atoms with E-state index in [9.17, 15) is 22.8 Å².